The van der Waals surface area contributed by atoms with Crippen LogP contribution in [0.25, 0.3) is 0 Å². The van der Waals surface area contributed by atoms with Gasteiger partial charge in [-0.1, -0.05) is 24.3 Å². The number of likely N-dealkylation sites (tertiary alicyclic amines) is 1. The Morgan fingerprint density at radius 3 is 2.59 bits per heavy atom. The van der Waals surface area contributed by atoms with Crippen molar-refractivity contribution in [1.82, 2.24) is 25.3 Å². The monoisotopic (exact) mass is 367 g/mol. The first-order valence-electron chi connectivity index (χ1n) is 9.59. The summed E-state index contributed by atoms with van der Waals surface area (Å²) in [6.45, 7) is 1.82. The molecular formula is C20H25N5O2. The summed E-state index contributed by atoms with van der Waals surface area (Å²) in [4.78, 5) is 26.5. The average molecular weight is 367 g/mol. The number of hydrogen-bond acceptors (Lipinski definition) is 3. The molecular weight excluding hydrogens is 342 g/mol. The summed E-state index contributed by atoms with van der Waals surface area (Å²) in [5.41, 5.74) is 2.19. The molecule has 1 atom stereocenters. The predicted octanol–water partition coefficient (Wildman–Crippen LogP) is 1.88. The fourth-order valence-electron chi connectivity index (χ4n) is 3.43. The third kappa shape index (κ3) is 4.48. The zero-order chi connectivity index (χ0) is 18.6. The van der Waals surface area contributed by atoms with Crippen molar-refractivity contribution in [3.05, 3.63) is 53.9 Å². The van der Waals surface area contributed by atoms with Crippen molar-refractivity contribution in [1.29, 1.82) is 0 Å². The molecule has 2 N–H and O–H groups in total. The zero-order valence-corrected chi connectivity index (χ0v) is 15.3. The highest BCUT2D eigenvalue weighted by atomic mass is 16.2. The van der Waals surface area contributed by atoms with E-state index in [1.807, 2.05) is 41.2 Å². The van der Waals surface area contributed by atoms with Crippen LogP contribution in [-0.4, -0.2) is 45.2 Å². The maximum Gasteiger partial charge on any atom is 0.318 e. The second-order valence-corrected chi connectivity index (χ2v) is 7.31. The molecule has 2 aromatic rings. The molecule has 1 unspecified atom stereocenters. The third-order valence-electron chi connectivity index (χ3n) is 5.11. The Bertz CT molecular complexity index is 783. The van der Waals surface area contributed by atoms with Gasteiger partial charge in [0.2, 0.25) is 5.91 Å². The first-order chi connectivity index (χ1) is 13.2. The Kier molecular flexibility index (Phi) is 5.09. The van der Waals surface area contributed by atoms with Crippen LogP contribution in [0.15, 0.2) is 42.7 Å². The van der Waals surface area contributed by atoms with Crippen molar-refractivity contribution in [2.75, 3.05) is 6.54 Å². The van der Waals surface area contributed by atoms with E-state index in [-0.39, 0.29) is 18.0 Å². The van der Waals surface area contributed by atoms with Crippen molar-refractivity contribution in [2.24, 2.45) is 0 Å². The molecule has 7 nitrogen and oxygen atoms in total. The number of carbonyl (C=O) groups is 2. The van der Waals surface area contributed by atoms with E-state index in [4.69, 9.17) is 0 Å². The van der Waals surface area contributed by atoms with E-state index >= 15 is 0 Å². The fraction of sp³-hybridized carbons (Fsp3) is 0.450. The first kappa shape index (κ1) is 17.6. The van der Waals surface area contributed by atoms with Crippen LogP contribution in [0.5, 0.6) is 0 Å². The second kappa shape index (κ2) is 7.82. The number of carbonyl (C=O) groups excluding carboxylic acids is 2. The lowest BCUT2D eigenvalue weighted by Crippen LogP contribution is -2.49. The Morgan fingerprint density at radius 2 is 1.89 bits per heavy atom. The van der Waals surface area contributed by atoms with Crippen molar-refractivity contribution in [3.63, 3.8) is 0 Å². The molecule has 2 aliphatic rings. The third-order valence-corrected chi connectivity index (χ3v) is 5.11. The van der Waals surface area contributed by atoms with Gasteiger partial charge in [0, 0.05) is 31.5 Å². The van der Waals surface area contributed by atoms with Crippen molar-refractivity contribution >= 4 is 11.9 Å². The molecule has 1 saturated carbocycles. The van der Waals surface area contributed by atoms with E-state index in [2.05, 4.69) is 15.7 Å². The molecule has 2 heterocycles. The number of aromatic nitrogens is 2. The highest BCUT2D eigenvalue weighted by Crippen LogP contribution is 2.22. The number of rotatable bonds is 6. The lowest BCUT2D eigenvalue weighted by Gasteiger charge is -2.24. The van der Waals surface area contributed by atoms with Crippen LogP contribution >= 0.6 is 0 Å². The highest BCUT2D eigenvalue weighted by molar-refractivity contribution is 5.88. The smallest absolute Gasteiger partial charge is 0.318 e. The van der Waals surface area contributed by atoms with Crippen LogP contribution in [-0.2, 0) is 17.9 Å². The van der Waals surface area contributed by atoms with Crippen LogP contribution in [0.4, 0.5) is 4.79 Å². The standard InChI is InChI=1S/C20H25N5O2/c26-19(23-17-8-9-17)18-3-1-12-25(18)20(27)21-13-15-4-6-16(7-5-15)14-24-11-2-10-22-24/h2,4-7,10-11,17-18H,1,3,8-9,12-14H2,(H,21,27)(H,23,26). The Hall–Kier alpha value is -2.83. The van der Waals surface area contributed by atoms with Gasteiger partial charge >= 0.3 is 6.03 Å². The van der Waals surface area contributed by atoms with Crippen LogP contribution in [0.2, 0.25) is 0 Å². The number of amides is 3. The topological polar surface area (TPSA) is 79.3 Å². The van der Waals surface area contributed by atoms with Gasteiger partial charge in [-0.3, -0.25) is 9.48 Å². The molecule has 4 rings (SSSR count). The van der Waals surface area contributed by atoms with Crippen molar-refractivity contribution < 1.29 is 9.59 Å². The molecule has 1 aliphatic heterocycles. The van der Waals surface area contributed by atoms with Gasteiger partial charge in [-0.25, -0.2) is 4.79 Å². The van der Waals surface area contributed by atoms with Gasteiger partial charge in [0.15, 0.2) is 0 Å². The SMILES string of the molecule is O=C(NC1CC1)C1CCCN1C(=O)NCc1ccc(Cn2cccn2)cc1. The van der Waals surface area contributed by atoms with E-state index in [0.29, 0.717) is 19.1 Å². The molecule has 1 aliphatic carbocycles. The molecule has 1 aromatic carbocycles. The molecule has 1 saturated heterocycles. The normalized spacial score (nSPS) is 19.1. The number of nitrogens with zero attached hydrogens (tertiary/aromatic N) is 3. The molecule has 3 amide bonds. The van der Waals surface area contributed by atoms with E-state index in [1.165, 1.54) is 0 Å². The van der Waals surface area contributed by atoms with Crippen LogP contribution in [0.3, 0.4) is 0 Å². The lowest BCUT2D eigenvalue weighted by molar-refractivity contribution is -0.124. The van der Waals surface area contributed by atoms with E-state index in [0.717, 1.165) is 43.4 Å². The summed E-state index contributed by atoms with van der Waals surface area (Å²) in [5, 5.41) is 10.2. The lowest BCUT2D eigenvalue weighted by atomic mass is 10.1. The van der Waals surface area contributed by atoms with Crippen LogP contribution in [0, 0.1) is 0 Å². The predicted molar refractivity (Wildman–Crippen MR) is 101 cm³/mol. The minimum Gasteiger partial charge on any atom is -0.352 e. The molecule has 142 valence electrons. The Balaban J connectivity index is 1.28. The molecule has 27 heavy (non-hydrogen) atoms. The van der Waals surface area contributed by atoms with Gasteiger partial charge < -0.3 is 15.5 Å². The Morgan fingerprint density at radius 1 is 1.11 bits per heavy atom. The minimum atomic E-state index is -0.331. The molecule has 2 fully saturated rings. The first-order valence-corrected chi connectivity index (χ1v) is 9.59. The summed E-state index contributed by atoms with van der Waals surface area (Å²) in [5.74, 6) is -0.00637. The van der Waals surface area contributed by atoms with Gasteiger partial charge in [-0.05, 0) is 42.9 Å². The highest BCUT2D eigenvalue weighted by Gasteiger charge is 2.36. The molecule has 1 aromatic heterocycles. The number of hydrogen-bond donors (Lipinski definition) is 2. The largest absolute Gasteiger partial charge is 0.352 e. The summed E-state index contributed by atoms with van der Waals surface area (Å²) in [6, 6.07) is 9.85. The molecule has 0 bridgehead atoms. The number of benzene rings is 1. The van der Waals surface area contributed by atoms with Gasteiger partial charge in [-0.15, -0.1) is 0 Å². The Labute approximate surface area is 158 Å². The maximum absolute atomic E-state index is 12.5. The summed E-state index contributed by atoms with van der Waals surface area (Å²) < 4.78 is 1.87. The summed E-state index contributed by atoms with van der Waals surface area (Å²) in [6.07, 6.45) is 7.43. The van der Waals surface area contributed by atoms with E-state index in [9.17, 15) is 9.59 Å². The van der Waals surface area contributed by atoms with Gasteiger partial charge in [-0.2, -0.15) is 5.10 Å². The maximum atomic E-state index is 12.5. The van der Waals surface area contributed by atoms with Crippen LogP contribution in [0.1, 0.15) is 36.8 Å². The van der Waals surface area contributed by atoms with Crippen molar-refractivity contribution in [2.45, 2.75) is 50.9 Å². The quantitative estimate of drug-likeness (QED) is 0.818. The van der Waals surface area contributed by atoms with Crippen molar-refractivity contribution in [3.8, 4) is 0 Å². The molecule has 7 heteroatoms. The van der Waals surface area contributed by atoms with Gasteiger partial charge in [0.05, 0.1) is 6.54 Å². The fourth-order valence-corrected chi connectivity index (χ4v) is 3.43. The molecule has 0 spiro atoms. The van der Waals surface area contributed by atoms with Gasteiger partial charge in [0.1, 0.15) is 6.04 Å². The van der Waals surface area contributed by atoms with Crippen LogP contribution < -0.4 is 10.6 Å². The summed E-state index contributed by atoms with van der Waals surface area (Å²) in [7, 11) is 0. The summed E-state index contributed by atoms with van der Waals surface area (Å²) >= 11 is 0. The second-order valence-electron chi connectivity index (χ2n) is 7.31. The van der Waals surface area contributed by atoms with E-state index < -0.39 is 0 Å². The van der Waals surface area contributed by atoms with Gasteiger partial charge in [0.25, 0.3) is 0 Å². The zero-order valence-electron chi connectivity index (χ0n) is 15.3. The van der Waals surface area contributed by atoms with E-state index in [1.54, 1.807) is 11.1 Å². The number of nitrogens with one attached hydrogen (secondary N) is 2. The minimum absolute atomic E-state index is 0.00637. The number of urea groups is 1. The average Bonchev–Trinajstić information content (AvgIpc) is 3.13. The molecule has 0 radical (unpaired) electrons.